The minimum atomic E-state index is -0.852. The van der Waals surface area contributed by atoms with Crippen LogP contribution in [-0.2, 0) is 16.1 Å². The van der Waals surface area contributed by atoms with Crippen molar-refractivity contribution >= 4 is 17.7 Å². The average Bonchev–Trinajstić information content (AvgIpc) is 3.43. The first-order valence-electron chi connectivity index (χ1n) is 10.4. The largest absolute Gasteiger partial charge is 0.503 e. The highest BCUT2D eigenvalue weighted by atomic mass is 16.5. The molecule has 8 heteroatoms. The molecule has 4 rings (SSSR count). The molecule has 1 unspecified atom stereocenters. The molecule has 0 spiro atoms. The first-order chi connectivity index (χ1) is 15.9. The average molecular weight is 446 g/mol. The smallest absolute Gasteiger partial charge is 0.338 e. The topological polar surface area (TPSA) is 110 Å². The van der Waals surface area contributed by atoms with Gasteiger partial charge in [0.15, 0.2) is 11.5 Å². The van der Waals surface area contributed by atoms with Crippen molar-refractivity contribution < 1.29 is 28.6 Å². The summed E-state index contributed by atoms with van der Waals surface area (Å²) in [5, 5.41) is 10.7. The van der Waals surface area contributed by atoms with Crippen LogP contribution < -0.4 is 0 Å². The maximum Gasteiger partial charge on any atom is 0.338 e. The third-order valence-corrected chi connectivity index (χ3v) is 5.18. The number of rotatable bonds is 7. The number of aromatic nitrogens is 1. The molecule has 33 heavy (non-hydrogen) atoms. The SMILES string of the molecule is CC(C)OC(=O)c1ccc(CN2C(=O)C(O)=C(C(=O)c3ccco3)C2c2cccnc2)cc1. The maximum atomic E-state index is 13.1. The van der Waals surface area contributed by atoms with Crippen molar-refractivity contribution in [2.45, 2.75) is 32.5 Å². The van der Waals surface area contributed by atoms with E-state index in [1.807, 2.05) is 0 Å². The van der Waals surface area contributed by atoms with Crippen LogP contribution in [0, 0.1) is 0 Å². The minimum Gasteiger partial charge on any atom is -0.503 e. The molecule has 168 valence electrons. The van der Waals surface area contributed by atoms with E-state index in [4.69, 9.17) is 9.15 Å². The number of amides is 1. The Morgan fingerprint density at radius 1 is 1.15 bits per heavy atom. The predicted molar refractivity (Wildman–Crippen MR) is 117 cm³/mol. The van der Waals surface area contributed by atoms with E-state index in [9.17, 15) is 19.5 Å². The Balaban J connectivity index is 1.66. The van der Waals surface area contributed by atoms with Crippen molar-refractivity contribution in [2.24, 2.45) is 0 Å². The standard InChI is InChI=1S/C25H22N2O6/c1-15(2)33-25(31)17-9-7-16(8-10-17)14-27-21(18-5-3-11-26-13-18)20(23(29)24(27)30)22(28)19-6-4-12-32-19/h3-13,15,21,29H,14H2,1-2H3. The van der Waals surface area contributed by atoms with Gasteiger partial charge >= 0.3 is 5.97 Å². The molecule has 0 saturated carbocycles. The number of ether oxygens (including phenoxy) is 1. The molecule has 3 aromatic rings. The molecular weight excluding hydrogens is 424 g/mol. The fourth-order valence-corrected chi connectivity index (χ4v) is 3.70. The van der Waals surface area contributed by atoms with Crippen molar-refractivity contribution in [3.63, 3.8) is 0 Å². The number of ketones is 1. The first-order valence-corrected chi connectivity index (χ1v) is 10.4. The van der Waals surface area contributed by atoms with Crippen LogP contribution >= 0.6 is 0 Å². The highest BCUT2D eigenvalue weighted by molar-refractivity contribution is 6.15. The number of carbonyl (C=O) groups is 3. The number of aliphatic hydroxyl groups is 1. The van der Waals surface area contributed by atoms with E-state index in [0.717, 1.165) is 0 Å². The number of carbonyl (C=O) groups excluding carboxylic acids is 3. The number of hydrogen-bond donors (Lipinski definition) is 1. The number of pyridine rings is 1. The van der Waals surface area contributed by atoms with Crippen LogP contribution in [0.1, 0.15) is 51.9 Å². The third-order valence-electron chi connectivity index (χ3n) is 5.18. The molecule has 8 nitrogen and oxygen atoms in total. The molecule has 1 N–H and O–H groups in total. The molecule has 3 heterocycles. The van der Waals surface area contributed by atoms with Gasteiger partial charge in [-0.25, -0.2) is 4.79 Å². The van der Waals surface area contributed by atoms with Crippen molar-refractivity contribution in [1.82, 2.24) is 9.88 Å². The summed E-state index contributed by atoms with van der Waals surface area (Å²) in [6, 6.07) is 12.2. The summed E-state index contributed by atoms with van der Waals surface area (Å²) in [5.41, 5.74) is 1.60. The second kappa shape index (κ2) is 9.12. The second-order valence-electron chi connectivity index (χ2n) is 7.84. The minimum absolute atomic E-state index is 0.0214. The van der Waals surface area contributed by atoms with E-state index >= 15 is 0 Å². The van der Waals surface area contributed by atoms with E-state index in [0.29, 0.717) is 16.7 Å². The van der Waals surface area contributed by atoms with Crippen LogP contribution in [0.2, 0.25) is 0 Å². The van der Waals surface area contributed by atoms with Crippen LogP contribution in [0.4, 0.5) is 0 Å². The Bertz CT molecular complexity index is 1200. The van der Waals surface area contributed by atoms with E-state index in [-0.39, 0.29) is 24.0 Å². The molecule has 1 aliphatic rings. The molecule has 1 amide bonds. The van der Waals surface area contributed by atoms with Crippen molar-refractivity contribution in [2.75, 3.05) is 0 Å². The van der Waals surface area contributed by atoms with Gasteiger partial charge in [-0.2, -0.15) is 0 Å². The van der Waals surface area contributed by atoms with Crippen molar-refractivity contribution in [3.05, 3.63) is 101 Å². The van der Waals surface area contributed by atoms with Crippen LogP contribution in [-0.4, -0.2) is 38.8 Å². The number of esters is 1. The second-order valence-corrected chi connectivity index (χ2v) is 7.84. The molecule has 1 atom stereocenters. The molecule has 2 aromatic heterocycles. The zero-order chi connectivity index (χ0) is 23.5. The lowest BCUT2D eigenvalue weighted by Crippen LogP contribution is -2.30. The summed E-state index contributed by atoms with van der Waals surface area (Å²) in [7, 11) is 0. The van der Waals surface area contributed by atoms with Crippen LogP contribution in [0.5, 0.6) is 0 Å². The maximum absolute atomic E-state index is 13.1. The van der Waals surface area contributed by atoms with Gasteiger partial charge in [-0.1, -0.05) is 18.2 Å². The zero-order valence-electron chi connectivity index (χ0n) is 18.1. The Morgan fingerprint density at radius 3 is 2.52 bits per heavy atom. The summed E-state index contributed by atoms with van der Waals surface area (Å²) in [6.45, 7) is 3.63. The summed E-state index contributed by atoms with van der Waals surface area (Å²) in [4.78, 5) is 43.7. The molecule has 0 fully saturated rings. The molecular formula is C25H22N2O6. The summed E-state index contributed by atoms with van der Waals surface area (Å²) in [6.07, 6.45) is 4.24. The van der Waals surface area contributed by atoms with Gasteiger partial charge in [0, 0.05) is 18.9 Å². The first kappa shape index (κ1) is 22.0. The van der Waals surface area contributed by atoms with E-state index in [1.165, 1.54) is 17.2 Å². The summed E-state index contributed by atoms with van der Waals surface area (Å²) >= 11 is 0. The molecule has 1 aromatic carbocycles. The van der Waals surface area contributed by atoms with Crippen LogP contribution in [0.25, 0.3) is 0 Å². The van der Waals surface area contributed by atoms with E-state index in [1.54, 1.807) is 68.7 Å². The molecule has 1 aliphatic heterocycles. The highest BCUT2D eigenvalue weighted by Gasteiger charge is 2.44. The lowest BCUT2D eigenvalue weighted by molar-refractivity contribution is -0.130. The monoisotopic (exact) mass is 446 g/mol. The molecule has 0 aliphatic carbocycles. The molecule has 0 radical (unpaired) electrons. The fourth-order valence-electron chi connectivity index (χ4n) is 3.70. The number of furan rings is 1. The van der Waals surface area contributed by atoms with Gasteiger partial charge in [-0.15, -0.1) is 0 Å². The molecule has 0 bridgehead atoms. The number of aliphatic hydroxyl groups excluding tert-OH is 1. The highest BCUT2D eigenvalue weighted by Crippen LogP contribution is 2.39. The number of Topliss-reactive ketones (excluding diaryl/α,β-unsaturated/α-hetero) is 1. The summed E-state index contributed by atoms with van der Waals surface area (Å²) < 4.78 is 10.4. The van der Waals surface area contributed by atoms with Crippen molar-refractivity contribution in [1.29, 1.82) is 0 Å². The van der Waals surface area contributed by atoms with E-state index < -0.39 is 29.5 Å². The predicted octanol–water partition coefficient (Wildman–Crippen LogP) is 4.02. The van der Waals surface area contributed by atoms with Gasteiger partial charge in [-0.05, 0) is 55.3 Å². The third kappa shape index (κ3) is 4.41. The quantitative estimate of drug-likeness (QED) is 0.431. The number of hydrogen-bond acceptors (Lipinski definition) is 7. The Labute approximate surface area is 190 Å². The van der Waals surface area contributed by atoms with Gasteiger partial charge < -0.3 is 19.2 Å². The Kier molecular flexibility index (Phi) is 6.08. The zero-order valence-corrected chi connectivity index (χ0v) is 18.1. The fraction of sp³-hybridized carbons (Fsp3) is 0.200. The van der Waals surface area contributed by atoms with Crippen LogP contribution in [0.15, 0.2) is 82.9 Å². The number of nitrogens with zero attached hydrogens (tertiary/aromatic N) is 2. The Morgan fingerprint density at radius 2 is 1.91 bits per heavy atom. The van der Waals surface area contributed by atoms with Gasteiger partial charge in [0.2, 0.25) is 5.78 Å². The van der Waals surface area contributed by atoms with Gasteiger partial charge in [0.05, 0.1) is 29.5 Å². The lowest BCUT2D eigenvalue weighted by Gasteiger charge is -2.26. The van der Waals surface area contributed by atoms with Crippen LogP contribution in [0.3, 0.4) is 0 Å². The Hall–Kier alpha value is -4.20. The van der Waals surface area contributed by atoms with Gasteiger partial charge in [-0.3, -0.25) is 14.6 Å². The van der Waals surface area contributed by atoms with Gasteiger partial charge in [0.25, 0.3) is 5.91 Å². The normalized spacial score (nSPS) is 15.9. The van der Waals surface area contributed by atoms with Crippen molar-refractivity contribution in [3.8, 4) is 0 Å². The molecule has 0 saturated heterocycles. The van der Waals surface area contributed by atoms with E-state index in [2.05, 4.69) is 4.98 Å². The van der Waals surface area contributed by atoms with Gasteiger partial charge in [0.1, 0.15) is 0 Å². The lowest BCUT2D eigenvalue weighted by atomic mass is 9.96. The number of benzene rings is 1. The summed E-state index contributed by atoms with van der Waals surface area (Å²) in [5.74, 6) is -2.29.